The largest absolute Gasteiger partial charge is 0.386 e. The molecule has 0 aliphatic heterocycles. The Hall–Kier alpha value is -0.300. The minimum absolute atomic E-state index is 0.365. The van der Waals surface area contributed by atoms with Crippen LogP contribution in [0.3, 0.4) is 0 Å². The van der Waals surface area contributed by atoms with Crippen LogP contribution in [0.1, 0.15) is 27.2 Å². The van der Waals surface area contributed by atoms with E-state index in [1.165, 1.54) is 6.42 Å². The molecule has 0 bridgehead atoms. The van der Waals surface area contributed by atoms with Crippen LogP contribution in [0.25, 0.3) is 0 Å². The Balaban J connectivity index is 2.25. The summed E-state index contributed by atoms with van der Waals surface area (Å²) >= 11 is 0. The Labute approximate surface area is 68.1 Å². The molecule has 0 spiro atoms. The number of allylic oxidation sites excluding steroid dienone is 1. The number of fused-ring (bicyclic) bond motifs is 1. The third-order valence-corrected chi connectivity index (χ3v) is 3.56. The van der Waals surface area contributed by atoms with E-state index in [1.807, 2.05) is 13.0 Å². The van der Waals surface area contributed by atoms with Crippen molar-refractivity contribution < 1.29 is 5.11 Å². The molecule has 3 atom stereocenters. The molecule has 0 saturated heterocycles. The van der Waals surface area contributed by atoms with Crippen LogP contribution in [0, 0.1) is 17.3 Å². The van der Waals surface area contributed by atoms with E-state index >= 15 is 0 Å². The van der Waals surface area contributed by atoms with Crippen LogP contribution in [0.15, 0.2) is 12.2 Å². The molecule has 0 amide bonds. The van der Waals surface area contributed by atoms with Gasteiger partial charge in [0, 0.05) is 5.92 Å². The maximum Gasteiger partial charge on any atom is 0.0836 e. The first kappa shape index (κ1) is 7.35. The first-order chi connectivity index (χ1) is 4.99. The van der Waals surface area contributed by atoms with Crippen LogP contribution in [0.5, 0.6) is 0 Å². The van der Waals surface area contributed by atoms with Gasteiger partial charge in [0.2, 0.25) is 0 Å². The average Bonchev–Trinajstić information content (AvgIpc) is 2.54. The second kappa shape index (κ2) is 1.71. The highest BCUT2D eigenvalue weighted by atomic mass is 16.3. The van der Waals surface area contributed by atoms with Crippen LogP contribution in [-0.4, -0.2) is 10.7 Å². The van der Waals surface area contributed by atoms with Gasteiger partial charge in [0.1, 0.15) is 0 Å². The molecule has 0 heterocycles. The lowest BCUT2D eigenvalue weighted by Crippen LogP contribution is -2.23. The van der Waals surface area contributed by atoms with Gasteiger partial charge in [0.05, 0.1) is 5.60 Å². The van der Waals surface area contributed by atoms with E-state index in [0.29, 0.717) is 17.3 Å². The summed E-state index contributed by atoms with van der Waals surface area (Å²) in [6.45, 7) is 6.41. The van der Waals surface area contributed by atoms with Gasteiger partial charge < -0.3 is 5.11 Å². The molecule has 0 aromatic heterocycles. The van der Waals surface area contributed by atoms with E-state index < -0.39 is 5.60 Å². The van der Waals surface area contributed by atoms with Gasteiger partial charge in [-0.15, -0.1) is 0 Å². The minimum Gasteiger partial charge on any atom is -0.386 e. The van der Waals surface area contributed by atoms with Crippen LogP contribution >= 0.6 is 0 Å². The first-order valence-corrected chi connectivity index (χ1v) is 4.42. The molecule has 11 heavy (non-hydrogen) atoms. The van der Waals surface area contributed by atoms with Crippen LogP contribution in [-0.2, 0) is 0 Å². The fourth-order valence-corrected chi connectivity index (χ4v) is 2.50. The summed E-state index contributed by atoms with van der Waals surface area (Å²) in [4.78, 5) is 0. The Morgan fingerprint density at radius 1 is 1.45 bits per heavy atom. The van der Waals surface area contributed by atoms with Crippen molar-refractivity contribution in [2.45, 2.75) is 32.8 Å². The van der Waals surface area contributed by atoms with Crippen molar-refractivity contribution in [1.82, 2.24) is 0 Å². The summed E-state index contributed by atoms with van der Waals surface area (Å²) in [7, 11) is 0. The van der Waals surface area contributed by atoms with Crippen molar-refractivity contribution in [1.29, 1.82) is 0 Å². The second-order valence-corrected chi connectivity index (χ2v) is 4.58. The third kappa shape index (κ3) is 0.750. The third-order valence-electron chi connectivity index (χ3n) is 3.56. The quantitative estimate of drug-likeness (QED) is 0.569. The fourth-order valence-electron chi connectivity index (χ4n) is 2.50. The topological polar surface area (TPSA) is 20.2 Å². The van der Waals surface area contributed by atoms with Crippen LogP contribution in [0.2, 0.25) is 0 Å². The van der Waals surface area contributed by atoms with Gasteiger partial charge in [-0.25, -0.2) is 0 Å². The van der Waals surface area contributed by atoms with Gasteiger partial charge in [0.15, 0.2) is 0 Å². The summed E-state index contributed by atoms with van der Waals surface area (Å²) in [5, 5.41) is 9.83. The highest BCUT2D eigenvalue weighted by Gasteiger charge is 2.64. The Kier molecular flexibility index (Phi) is 1.15. The van der Waals surface area contributed by atoms with Crippen LogP contribution < -0.4 is 0 Å². The molecule has 0 aromatic carbocycles. The molecule has 0 unspecified atom stereocenters. The Morgan fingerprint density at radius 3 is 2.27 bits per heavy atom. The standard InChI is InChI=1S/C10H16O/c1-7(2)10-5-4-9(3,11)8(10)6-10/h4-5,7-8,11H,6H2,1-3H3/t8-,9+,10-/m1/s1. The second-order valence-electron chi connectivity index (χ2n) is 4.58. The first-order valence-electron chi connectivity index (χ1n) is 4.42. The normalized spacial score (nSPS) is 53.4. The van der Waals surface area contributed by atoms with Gasteiger partial charge in [-0.2, -0.15) is 0 Å². The Morgan fingerprint density at radius 2 is 2.09 bits per heavy atom. The number of rotatable bonds is 1. The molecule has 2 aliphatic carbocycles. The van der Waals surface area contributed by atoms with E-state index in [-0.39, 0.29) is 0 Å². The highest BCUT2D eigenvalue weighted by Crippen LogP contribution is 2.67. The summed E-state index contributed by atoms with van der Waals surface area (Å²) in [5.41, 5.74) is -0.145. The lowest BCUT2D eigenvalue weighted by Gasteiger charge is -2.17. The summed E-state index contributed by atoms with van der Waals surface area (Å²) < 4.78 is 0. The molecule has 1 fully saturated rings. The lowest BCUT2D eigenvalue weighted by atomic mass is 9.91. The van der Waals surface area contributed by atoms with Crippen LogP contribution in [0.4, 0.5) is 0 Å². The Bertz CT molecular complexity index is 215. The molecule has 1 N–H and O–H groups in total. The van der Waals surface area contributed by atoms with Crippen molar-refractivity contribution in [3.63, 3.8) is 0 Å². The molecule has 1 nitrogen and oxygen atoms in total. The van der Waals surface area contributed by atoms with Gasteiger partial charge in [-0.1, -0.05) is 26.0 Å². The van der Waals surface area contributed by atoms with Gasteiger partial charge >= 0.3 is 0 Å². The molecule has 2 aliphatic rings. The fraction of sp³-hybridized carbons (Fsp3) is 0.800. The zero-order valence-electron chi connectivity index (χ0n) is 7.46. The number of aliphatic hydroxyl groups is 1. The predicted molar refractivity (Wildman–Crippen MR) is 45.1 cm³/mol. The average molecular weight is 152 g/mol. The maximum absolute atomic E-state index is 9.83. The van der Waals surface area contributed by atoms with Gasteiger partial charge in [0.25, 0.3) is 0 Å². The smallest absolute Gasteiger partial charge is 0.0836 e. The zero-order valence-corrected chi connectivity index (χ0v) is 7.46. The van der Waals surface area contributed by atoms with E-state index in [9.17, 15) is 5.11 Å². The number of hydrogen-bond donors (Lipinski definition) is 1. The molecule has 62 valence electrons. The zero-order chi connectivity index (χ0) is 8.28. The number of hydrogen-bond acceptors (Lipinski definition) is 1. The van der Waals surface area contributed by atoms with E-state index in [1.54, 1.807) is 0 Å². The molecule has 0 aromatic rings. The molecule has 1 heteroatoms. The SMILES string of the molecule is CC(C)[C@]12C=C[C@](C)(O)[C@H]1C2. The van der Waals surface area contributed by atoms with Gasteiger partial charge in [-0.05, 0) is 24.7 Å². The molecule has 2 rings (SSSR count). The van der Waals surface area contributed by atoms with Crippen molar-refractivity contribution >= 4 is 0 Å². The van der Waals surface area contributed by atoms with Gasteiger partial charge in [-0.3, -0.25) is 0 Å². The molecular formula is C10H16O. The van der Waals surface area contributed by atoms with E-state index in [0.717, 1.165) is 0 Å². The van der Waals surface area contributed by atoms with E-state index in [4.69, 9.17) is 0 Å². The monoisotopic (exact) mass is 152 g/mol. The van der Waals surface area contributed by atoms with E-state index in [2.05, 4.69) is 19.9 Å². The maximum atomic E-state index is 9.83. The minimum atomic E-state index is -0.510. The van der Waals surface area contributed by atoms with Crippen molar-refractivity contribution in [2.24, 2.45) is 17.3 Å². The lowest BCUT2D eigenvalue weighted by molar-refractivity contribution is 0.0818. The molecular weight excluding hydrogens is 136 g/mol. The van der Waals surface area contributed by atoms with Crippen molar-refractivity contribution in [3.8, 4) is 0 Å². The van der Waals surface area contributed by atoms with Crippen molar-refractivity contribution in [2.75, 3.05) is 0 Å². The van der Waals surface area contributed by atoms with Crippen molar-refractivity contribution in [3.05, 3.63) is 12.2 Å². The summed E-state index contributed by atoms with van der Waals surface area (Å²) in [5.74, 6) is 1.19. The molecule has 1 saturated carbocycles. The predicted octanol–water partition coefficient (Wildman–Crippen LogP) is 1.97. The summed E-state index contributed by atoms with van der Waals surface area (Å²) in [6, 6.07) is 0. The molecule has 0 radical (unpaired) electrons. The summed E-state index contributed by atoms with van der Waals surface area (Å²) in [6.07, 6.45) is 5.39. The highest BCUT2D eigenvalue weighted by molar-refractivity contribution is 5.32.